The van der Waals surface area contributed by atoms with Crippen LogP contribution >= 0.6 is 0 Å². The van der Waals surface area contributed by atoms with E-state index in [1.54, 1.807) is 7.05 Å². The van der Waals surface area contributed by atoms with E-state index in [-0.39, 0.29) is 5.76 Å². The number of aromatic nitrogens is 3. The topological polar surface area (TPSA) is 79.0 Å². The second-order valence-electron chi connectivity index (χ2n) is 4.57. The highest BCUT2D eigenvalue weighted by molar-refractivity contribution is 5.80. The van der Waals surface area contributed by atoms with Crippen LogP contribution in [0.25, 0.3) is 22.4 Å². The minimum atomic E-state index is -0.371. The molecule has 3 rings (SSSR count). The predicted molar refractivity (Wildman–Crippen MR) is 72.8 cm³/mol. The zero-order valence-electron chi connectivity index (χ0n) is 11.0. The molecule has 2 heterocycles. The summed E-state index contributed by atoms with van der Waals surface area (Å²) in [6.07, 6.45) is 0. The maximum absolute atomic E-state index is 11.5. The van der Waals surface area contributed by atoms with Crippen molar-refractivity contribution in [2.45, 2.75) is 6.92 Å². The first-order valence-electron chi connectivity index (χ1n) is 5.88. The van der Waals surface area contributed by atoms with Crippen molar-refractivity contribution in [2.75, 3.05) is 5.73 Å². The molecule has 1 aromatic carbocycles. The Bertz CT molecular complexity index is 838. The van der Waals surface area contributed by atoms with E-state index in [1.807, 2.05) is 36.7 Å². The standard InChI is InChI=1S/C13H14N4O2/c1-7-11(15-12(14)16(7)2)8-4-5-9-10(6-8)19-13(18)17(9)3/h4-6H,1-3H3,(H2,14,15). The second kappa shape index (κ2) is 3.74. The summed E-state index contributed by atoms with van der Waals surface area (Å²) in [4.78, 5) is 15.8. The molecule has 0 saturated carbocycles. The number of oxazole rings is 1. The molecular formula is C13H14N4O2. The van der Waals surface area contributed by atoms with E-state index in [1.165, 1.54) is 4.57 Å². The molecule has 0 fully saturated rings. The van der Waals surface area contributed by atoms with Crippen molar-refractivity contribution in [2.24, 2.45) is 14.1 Å². The van der Waals surface area contributed by atoms with Crippen molar-refractivity contribution >= 4 is 17.0 Å². The van der Waals surface area contributed by atoms with Gasteiger partial charge >= 0.3 is 5.76 Å². The number of nitrogens with two attached hydrogens (primary N) is 1. The van der Waals surface area contributed by atoms with Gasteiger partial charge < -0.3 is 14.7 Å². The summed E-state index contributed by atoms with van der Waals surface area (Å²) in [6.45, 7) is 1.95. The van der Waals surface area contributed by atoms with E-state index in [2.05, 4.69) is 4.98 Å². The summed E-state index contributed by atoms with van der Waals surface area (Å²) < 4.78 is 8.47. The van der Waals surface area contributed by atoms with E-state index in [0.717, 1.165) is 22.5 Å². The monoisotopic (exact) mass is 258 g/mol. The minimum Gasteiger partial charge on any atom is -0.408 e. The Balaban J connectivity index is 2.26. The number of benzene rings is 1. The van der Waals surface area contributed by atoms with Crippen LogP contribution in [0.2, 0.25) is 0 Å². The molecule has 0 amide bonds. The first-order valence-corrected chi connectivity index (χ1v) is 5.88. The molecule has 0 aliphatic heterocycles. The smallest absolute Gasteiger partial charge is 0.408 e. The molecule has 19 heavy (non-hydrogen) atoms. The maximum Gasteiger partial charge on any atom is 0.419 e. The number of rotatable bonds is 1. The number of aryl methyl sites for hydroxylation is 1. The van der Waals surface area contributed by atoms with Crippen LogP contribution in [0.1, 0.15) is 5.69 Å². The third kappa shape index (κ3) is 1.56. The second-order valence-corrected chi connectivity index (χ2v) is 4.57. The first-order chi connectivity index (χ1) is 8.99. The van der Waals surface area contributed by atoms with Gasteiger partial charge in [-0.05, 0) is 19.1 Å². The summed E-state index contributed by atoms with van der Waals surface area (Å²) in [7, 11) is 3.54. The van der Waals surface area contributed by atoms with Gasteiger partial charge in [0.05, 0.1) is 11.2 Å². The number of hydrogen-bond donors (Lipinski definition) is 1. The molecule has 2 N–H and O–H groups in total. The normalized spacial score (nSPS) is 11.3. The van der Waals surface area contributed by atoms with Crippen LogP contribution in [0.4, 0.5) is 5.95 Å². The quantitative estimate of drug-likeness (QED) is 0.716. The van der Waals surface area contributed by atoms with Gasteiger partial charge in [0.25, 0.3) is 0 Å². The van der Waals surface area contributed by atoms with E-state index in [4.69, 9.17) is 10.2 Å². The SMILES string of the molecule is Cc1c(-c2ccc3c(c2)oc(=O)n3C)nc(N)n1C. The molecule has 6 nitrogen and oxygen atoms in total. The Kier molecular flexibility index (Phi) is 2.28. The molecule has 0 unspecified atom stereocenters. The van der Waals surface area contributed by atoms with Crippen LogP contribution in [0.15, 0.2) is 27.4 Å². The van der Waals surface area contributed by atoms with Crippen LogP contribution < -0.4 is 11.5 Å². The molecule has 3 aromatic rings. The maximum atomic E-state index is 11.5. The van der Waals surface area contributed by atoms with Crippen molar-refractivity contribution in [3.63, 3.8) is 0 Å². The Morgan fingerprint density at radius 2 is 2.00 bits per heavy atom. The Labute approximate surface area is 109 Å². The molecule has 0 bridgehead atoms. The summed E-state index contributed by atoms with van der Waals surface area (Å²) in [5, 5.41) is 0. The number of imidazole rings is 1. The third-order valence-corrected chi connectivity index (χ3v) is 3.48. The van der Waals surface area contributed by atoms with Gasteiger partial charge in [0.15, 0.2) is 5.58 Å². The number of hydrogen-bond acceptors (Lipinski definition) is 4. The lowest BCUT2D eigenvalue weighted by Crippen LogP contribution is -2.08. The lowest BCUT2D eigenvalue weighted by atomic mass is 10.1. The lowest BCUT2D eigenvalue weighted by Gasteiger charge is -2.00. The van der Waals surface area contributed by atoms with Gasteiger partial charge in [0.1, 0.15) is 0 Å². The summed E-state index contributed by atoms with van der Waals surface area (Å²) >= 11 is 0. The number of fused-ring (bicyclic) bond motifs is 1. The van der Waals surface area contributed by atoms with Gasteiger partial charge in [-0.25, -0.2) is 9.78 Å². The van der Waals surface area contributed by atoms with E-state index < -0.39 is 0 Å². The third-order valence-electron chi connectivity index (χ3n) is 3.48. The minimum absolute atomic E-state index is 0.371. The van der Waals surface area contributed by atoms with E-state index in [0.29, 0.717) is 11.5 Å². The van der Waals surface area contributed by atoms with Crippen molar-refractivity contribution in [3.8, 4) is 11.3 Å². The molecule has 0 radical (unpaired) electrons. The largest absolute Gasteiger partial charge is 0.419 e. The van der Waals surface area contributed by atoms with Crippen LogP contribution in [0.3, 0.4) is 0 Å². The number of nitrogen functional groups attached to an aromatic ring is 1. The Morgan fingerprint density at radius 3 is 2.63 bits per heavy atom. The molecule has 6 heteroatoms. The fraction of sp³-hybridized carbons (Fsp3) is 0.231. The zero-order valence-corrected chi connectivity index (χ0v) is 11.0. The molecule has 0 spiro atoms. The fourth-order valence-electron chi connectivity index (χ4n) is 2.16. The van der Waals surface area contributed by atoms with Crippen LogP contribution in [-0.4, -0.2) is 14.1 Å². The van der Waals surface area contributed by atoms with Gasteiger partial charge in [0.2, 0.25) is 5.95 Å². The summed E-state index contributed by atoms with van der Waals surface area (Å²) in [5.74, 6) is 0.0894. The Hall–Kier alpha value is -2.50. The molecule has 2 aromatic heterocycles. The van der Waals surface area contributed by atoms with Crippen LogP contribution in [-0.2, 0) is 14.1 Å². The van der Waals surface area contributed by atoms with Crippen molar-refractivity contribution in [3.05, 3.63) is 34.4 Å². The van der Waals surface area contributed by atoms with Gasteiger partial charge in [-0.3, -0.25) is 4.57 Å². The molecular weight excluding hydrogens is 244 g/mol. The van der Waals surface area contributed by atoms with E-state index >= 15 is 0 Å². The van der Waals surface area contributed by atoms with Gasteiger partial charge in [0, 0.05) is 25.4 Å². The van der Waals surface area contributed by atoms with Crippen LogP contribution in [0, 0.1) is 6.92 Å². The summed E-state index contributed by atoms with van der Waals surface area (Å²) in [6, 6.07) is 5.57. The van der Waals surface area contributed by atoms with Gasteiger partial charge in [-0.2, -0.15) is 0 Å². The van der Waals surface area contributed by atoms with Crippen molar-refractivity contribution in [1.29, 1.82) is 0 Å². The number of anilines is 1. The Morgan fingerprint density at radius 1 is 1.26 bits per heavy atom. The van der Waals surface area contributed by atoms with Gasteiger partial charge in [-0.15, -0.1) is 0 Å². The number of nitrogens with zero attached hydrogens (tertiary/aromatic N) is 3. The first kappa shape index (κ1) is 11.6. The molecule has 98 valence electrons. The molecule has 0 saturated heterocycles. The fourth-order valence-corrected chi connectivity index (χ4v) is 2.16. The molecule has 0 aliphatic rings. The summed E-state index contributed by atoms with van der Waals surface area (Å²) in [5.41, 5.74) is 9.75. The zero-order chi connectivity index (χ0) is 13.7. The highest BCUT2D eigenvalue weighted by atomic mass is 16.4. The average molecular weight is 258 g/mol. The lowest BCUT2D eigenvalue weighted by molar-refractivity contribution is 0.528. The molecule has 0 aliphatic carbocycles. The van der Waals surface area contributed by atoms with Crippen molar-refractivity contribution in [1.82, 2.24) is 14.1 Å². The predicted octanol–water partition coefficient (Wildman–Crippen LogP) is 1.42. The highest BCUT2D eigenvalue weighted by Gasteiger charge is 2.13. The highest BCUT2D eigenvalue weighted by Crippen LogP contribution is 2.26. The van der Waals surface area contributed by atoms with Crippen LogP contribution in [0.5, 0.6) is 0 Å². The molecule has 0 atom stereocenters. The average Bonchev–Trinajstić information content (AvgIpc) is 2.81. The van der Waals surface area contributed by atoms with Gasteiger partial charge in [-0.1, -0.05) is 6.07 Å². The van der Waals surface area contributed by atoms with E-state index in [9.17, 15) is 4.79 Å². The van der Waals surface area contributed by atoms with Crippen molar-refractivity contribution < 1.29 is 4.42 Å².